The predicted octanol–water partition coefficient (Wildman–Crippen LogP) is 2.10. The fourth-order valence-electron chi connectivity index (χ4n) is 1.77. The van der Waals surface area contributed by atoms with E-state index in [1.807, 2.05) is 0 Å². The number of rotatable bonds is 1. The van der Waals surface area contributed by atoms with Crippen LogP contribution in [0.5, 0.6) is 17.2 Å². The number of fused-ring (bicyclic) bond motifs is 1. The summed E-state index contributed by atoms with van der Waals surface area (Å²) in [7, 11) is 0. The first kappa shape index (κ1) is 13.1. The lowest BCUT2D eigenvalue weighted by molar-refractivity contribution is -0.123. The number of phenolic OH excluding ortho intramolecular Hbond substituents is 2. The minimum Gasteiger partial charge on any atom is -0.508 e. The topological polar surface area (TPSA) is 87.0 Å². The Morgan fingerprint density at radius 3 is 2.37 bits per heavy atom. The van der Waals surface area contributed by atoms with Gasteiger partial charge in [-0.3, -0.25) is 0 Å². The Labute approximate surface area is 104 Å². The van der Waals surface area contributed by atoms with Crippen molar-refractivity contribution < 1.29 is 38.0 Å². The number of hydrogen-bond donors (Lipinski definition) is 3. The van der Waals surface area contributed by atoms with E-state index in [-0.39, 0.29) is 11.8 Å². The molecule has 2 rings (SSSR count). The van der Waals surface area contributed by atoms with Gasteiger partial charge in [0.2, 0.25) is 5.76 Å². The number of aldehydes is 1. The van der Waals surface area contributed by atoms with Gasteiger partial charge in [-0.15, -0.1) is 0 Å². The maximum atomic E-state index is 12.6. The van der Waals surface area contributed by atoms with Gasteiger partial charge in [-0.1, -0.05) is 0 Å². The van der Waals surface area contributed by atoms with Crippen molar-refractivity contribution in [2.24, 2.45) is 0 Å². The van der Waals surface area contributed by atoms with Crippen molar-refractivity contribution in [1.82, 2.24) is 0 Å². The Morgan fingerprint density at radius 2 is 1.84 bits per heavy atom. The molecule has 0 bridgehead atoms. The zero-order valence-electron chi connectivity index (χ0n) is 9.10. The number of halogens is 3. The molecule has 0 aliphatic carbocycles. The van der Waals surface area contributed by atoms with Crippen molar-refractivity contribution >= 4 is 6.29 Å². The molecule has 0 saturated carbocycles. The number of aromatic hydroxyl groups is 2. The summed E-state index contributed by atoms with van der Waals surface area (Å²) in [6.45, 7) is 0. The molecule has 1 heterocycles. The van der Waals surface area contributed by atoms with Crippen LogP contribution in [0.15, 0.2) is 23.7 Å². The van der Waals surface area contributed by atoms with Crippen LogP contribution in [0.4, 0.5) is 13.2 Å². The molecular weight excluding hydrogens is 269 g/mol. The monoisotopic (exact) mass is 276 g/mol. The van der Waals surface area contributed by atoms with Crippen molar-refractivity contribution in [3.63, 3.8) is 0 Å². The van der Waals surface area contributed by atoms with E-state index in [9.17, 15) is 33.3 Å². The van der Waals surface area contributed by atoms with Crippen molar-refractivity contribution in [3.8, 4) is 17.2 Å². The Balaban J connectivity index is 2.67. The molecule has 1 atom stereocenters. The maximum absolute atomic E-state index is 12.6. The molecule has 0 spiro atoms. The van der Waals surface area contributed by atoms with Gasteiger partial charge < -0.3 is 24.9 Å². The van der Waals surface area contributed by atoms with Crippen LogP contribution in [0.1, 0.15) is 11.5 Å². The molecule has 0 saturated heterocycles. The number of carbonyl (C=O) groups excluding carboxylic acids is 1. The van der Waals surface area contributed by atoms with Gasteiger partial charge in [0.1, 0.15) is 29.5 Å². The minimum atomic E-state index is -5.01. The van der Waals surface area contributed by atoms with Gasteiger partial charge in [0.05, 0.1) is 5.56 Å². The quantitative estimate of drug-likeness (QED) is 0.684. The van der Waals surface area contributed by atoms with E-state index in [1.165, 1.54) is 0 Å². The third kappa shape index (κ3) is 2.05. The fraction of sp³-hybridized carbons (Fsp3) is 0.182. The zero-order chi connectivity index (χ0) is 14.4. The van der Waals surface area contributed by atoms with E-state index >= 15 is 0 Å². The van der Waals surface area contributed by atoms with Crippen LogP contribution < -0.4 is 4.74 Å². The van der Waals surface area contributed by atoms with Crippen LogP contribution in [-0.4, -0.2) is 27.8 Å². The maximum Gasteiger partial charge on any atom is 0.453 e. The molecule has 1 unspecified atom stereocenters. The van der Waals surface area contributed by atoms with Gasteiger partial charge in [-0.05, 0) is 0 Å². The summed E-state index contributed by atoms with van der Waals surface area (Å²) in [4.78, 5) is 10.9. The van der Waals surface area contributed by atoms with E-state index in [1.54, 1.807) is 0 Å². The highest BCUT2D eigenvalue weighted by molar-refractivity contribution is 5.73. The van der Waals surface area contributed by atoms with E-state index in [0.717, 1.165) is 12.1 Å². The van der Waals surface area contributed by atoms with Crippen molar-refractivity contribution in [1.29, 1.82) is 0 Å². The van der Waals surface area contributed by atoms with E-state index in [2.05, 4.69) is 4.74 Å². The Morgan fingerprint density at radius 1 is 1.21 bits per heavy atom. The number of phenols is 2. The molecule has 19 heavy (non-hydrogen) atoms. The van der Waals surface area contributed by atoms with E-state index < -0.39 is 40.9 Å². The first-order valence-corrected chi connectivity index (χ1v) is 4.95. The molecule has 8 heteroatoms. The first-order chi connectivity index (χ1) is 8.75. The largest absolute Gasteiger partial charge is 0.508 e. The Hall–Kier alpha value is -2.38. The molecule has 1 aliphatic heterocycles. The van der Waals surface area contributed by atoms with Crippen LogP contribution >= 0.6 is 0 Å². The van der Waals surface area contributed by atoms with Crippen molar-refractivity contribution in [2.45, 2.75) is 12.1 Å². The predicted molar refractivity (Wildman–Crippen MR) is 54.9 cm³/mol. The van der Waals surface area contributed by atoms with Gasteiger partial charge >= 0.3 is 6.18 Å². The molecule has 0 aromatic heterocycles. The third-order valence-corrected chi connectivity index (χ3v) is 2.55. The van der Waals surface area contributed by atoms with Crippen LogP contribution in [0.2, 0.25) is 0 Å². The zero-order valence-corrected chi connectivity index (χ0v) is 9.10. The number of allylic oxidation sites excluding steroid dienone is 2. The Kier molecular flexibility index (Phi) is 2.80. The highest BCUT2D eigenvalue weighted by Gasteiger charge is 2.46. The van der Waals surface area contributed by atoms with Gasteiger partial charge in [-0.2, -0.15) is 13.2 Å². The second-order valence-corrected chi connectivity index (χ2v) is 3.80. The lowest BCUT2D eigenvalue weighted by Gasteiger charge is -2.26. The normalized spacial score (nSPS) is 18.8. The molecular formula is C11H7F3O5. The number of hydrogen-bond acceptors (Lipinski definition) is 5. The average molecular weight is 276 g/mol. The summed E-state index contributed by atoms with van der Waals surface area (Å²) in [5, 5.41) is 28.2. The summed E-state index contributed by atoms with van der Waals surface area (Å²) >= 11 is 0. The standard InChI is InChI=1S/C11H7F3O5/c12-11(13,14)10-9(18)5(3-15)8-6(17)1-4(16)2-7(8)19-10/h1-3,5,16-18H. The molecule has 5 nitrogen and oxygen atoms in total. The van der Waals surface area contributed by atoms with Crippen molar-refractivity contribution in [3.05, 3.63) is 29.2 Å². The van der Waals surface area contributed by atoms with Crippen LogP contribution in [-0.2, 0) is 4.79 Å². The molecule has 1 aromatic rings. The molecule has 1 aromatic carbocycles. The molecule has 3 N–H and O–H groups in total. The second-order valence-electron chi connectivity index (χ2n) is 3.80. The summed E-state index contributed by atoms with van der Waals surface area (Å²) in [6.07, 6.45) is -4.97. The van der Waals surface area contributed by atoms with Gasteiger partial charge in [0.15, 0.2) is 5.76 Å². The van der Waals surface area contributed by atoms with Gasteiger partial charge in [0, 0.05) is 12.1 Å². The number of benzene rings is 1. The van der Waals surface area contributed by atoms with Crippen molar-refractivity contribution in [2.75, 3.05) is 0 Å². The fourth-order valence-corrected chi connectivity index (χ4v) is 1.77. The number of aliphatic hydroxyl groups excluding tert-OH is 1. The number of carbonyl (C=O) groups is 1. The van der Waals surface area contributed by atoms with Gasteiger partial charge in [0.25, 0.3) is 0 Å². The SMILES string of the molecule is O=CC1C(O)=C(C(F)(F)F)Oc2cc(O)cc(O)c21. The lowest BCUT2D eigenvalue weighted by Crippen LogP contribution is -2.26. The summed E-state index contributed by atoms with van der Waals surface area (Å²) in [6, 6.07) is 1.63. The third-order valence-electron chi connectivity index (χ3n) is 2.55. The minimum absolute atomic E-state index is 0.0409. The number of aliphatic hydroxyl groups is 1. The number of ether oxygens (including phenoxy) is 1. The summed E-state index contributed by atoms with van der Waals surface area (Å²) in [5.41, 5.74) is -0.335. The summed E-state index contributed by atoms with van der Waals surface area (Å²) < 4.78 is 42.3. The summed E-state index contributed by atoms with van der Waals surface area (Å²) in [5.74, 6) is -6.53. The average Bonchev–Trinajstić information content (AvgIpc) is 2.27. The molecule has 102 valence electrons. The highest BCUT2D eigenvalue weighted by atomic mass is 19.4. The van der Waals surface area contributed by atoms with Crippen LogP contribution in [0.3, 0.4) is 0 Å². The highest BCUT2D eigenvalue weighted by Crippen LogP contribution is 2.47. The smallest absolute Gasteiger partial charge is 0.453 e. The van der Waals surface area contributed by atoms with Gasteiger partial charge in [-0.25, -0.2) is 0 Å². The lowest BCUT2D eigenvalue weighted by atomic mass is 9.93. The first-order valence-electron chi connectivity index (χ1n) is 4.95. The second kappa shape index (κ2) is 4.08. The Bertz CT molecular complexity index is 576. The number of alkyl halides is 3. The molecule has 0 radical (unpaired) electrons. The van der Waals surface area contributed by atoms with E-state index in [4.69, 9.17) is 0 Å². The molecule has 0 amide bonds. The van der Waals surface area contributed by atoms with E-state index in [0.29, 0.717) is 0 Å². The molecule has 0 fully saturated rings. The molecule has 1 aliphatic rings. The van der Waals surface area contributed by atoms with Crippen LogP contribution in [0, 0.1) is 0 Å². The van der Waals surface area contributed by atoms with Crippen LogP contribution in [0.25, 0.3) is 0 Å².